The van der Waals surface area contributed by atoms with Crippen LogP contribution in [0.5, 0.6) is 0 Å². The average Bonchev–Trinajstić information content (AvgIpc) is 2.31. The molecule has 0 saturated carbocycles. The summed E-state index contributed by atoms with van der Waals surface area (Å²) >= 11 is 0. The Morgan fingerprint density at radius 3 is 2.50 bits per heavy atom. The Hall–Kier alpha value is -1.25. The summed E-state index contributed by atoms with van der Waals surface area (Å²) in [5.41, 5.74) is 2.28. The van der Waals surface area contributed by atoms with E-state index in [1.54, 1.807) is 0 Å². The van der Waals surface area contributed by atoms with E-state index in [9.17, 15) is 0 Å². The van der Waals surface area contributed by atoms with E-state index in [1.807, 2.05) is 12.4 Å². The second-order valence-corrected chi connectivity index (χ2v) is 4.04. The van der Waals surface area contributed by atoms with Crippen molar-refractivity contribution in [2.24, 2.45) is 0 Å². The van der Waals surface area contributed by atoms with Crippen molar-refractivity contribution >= 4 is 11.4 Å². The van der Waals surface area contributed by atoms with Crippen molar-refractivity contribution in [3.63, 3.8) is 0 Å². The molecule has 1 heterocycles. The monoisotopic (exact) mass is 221 g/mol. The lowest BCUT2D eigenvalue weighted by Gasteiger charge is -2.28. The molecule has 3 nitrogen and oxygen atoms in total. The van der Waals surface area contributed by atoms with Gasteiger partial charge in [-0.15, -0.1) is 0 Å². The molecule has 0 saturated heterocycles. The summed E-state index contributed by atoms with van der Waals surface area (Å²) in [6.45, 7) is 7.48. The van der Waals surface area contributed by atoms with Gasteiger partial charge in [0.25, 0.3) is 0 Å². The van der Waals surface area contributed by atoms with E-state index in [4.69, 9.17) is 0 Å². The molecular formula is C13H23N3. The number of pyridine rings is 1. The van der Waals surface area contributed by atoms with E-state index in [2.05, 4.69) is 49.1 Å². The molecule has 1 aromatic heterocycles. The molecule has 0 radical (unpaired) electrons. The molecule has 0 aliphatic rings. The van der Waals surface area contributed by atoms with Crippen LogP contribution >= 0.6 is 0 Å². The van der Waals surface area contributed by atoms with E-state index in [0.29, 0.717) is 6.04 Å². The van der Waals surface area contributed by atoms with Gasteiger partial charge < -0.3 is 10.2 Å². The van der Waals surface area contributed by atoms with Crippen LogP contribution in [0.4, 0.5) is 11.4 Å². The van der Waals surface area contributed by atoms with Crippen LogP contribution in [0.2, 0.25) is 0 Å². The van der Waals surface area contributed by atoms with Crippen molar-refractivity contribution in [3.05, 3.63) is 18.5 Å². The summed E-state index contributed by atoms with van der Waals surface area (Å²) in [6.07, 6.45) is 6.13. The summed E-state index contributed by atoms with van der Waals surface area (Å²) in [7, 11) is 2.14. The predicted molar refractivity (Wildman–Crippen MR) is 71.2 cm³/mol. The van der Waals surface area contributed by atoms with Crippen molar-refractivity contribution in [1.29, 1.82) is 0 Å². The van der Waals surface area contributed by atoms with Crippen LogP contribution in [0.25, 0.3) is 0 Å². The summed E-state index contributed by atoms with van der Waals surface area (Å²) in [5.74, 6) is 0. The quantitative estimate of drug-likeness (QED) is 0.800. The maximum absolute atomic E-state index is 4.27. The molecule has 16 heavy (non-hydrogen) atoms. The van der Waals surface area contributed by atoms with Crippen LogP contribution in [0, 0.1) is 0 Å². The summed E-state index contributed by atoms with van der Waals surface area (Å²) in [6, 6.07) is 2.76. The third-order valence-corrected chi connectivity index (χ3v) is 3.00. The van der Waals surface area contributed by atoms with Gasteiger partial charge in [0.05, 0.1) is 23.8 Å². The number of aromatic nitrogens is 1. The highest BCUT2D eigenvalue weighted by atomic mass is 15.1. The first-order valence-electron chi connectivity index (χ1n) is 6.14. The molecule has 1 aromatic rings. The third kappa shape index (κ3) is 3.12. The normalized spacial score (nSPS) is 10.6. The molecule has 1 rings (SSSR count). The Kier molecular flexibility index (Phi) is 5.09. The Bertz CT molecular complexity index is 308. The highest BCUT2D eigenvalue weighted by Gasteiger charge is 2.11. The van der Waals surface area contributed by atoms with Gasteiger partial charge in [-0.3, -0.25) is 4.98 Å². The smallest absolute Gasteiger partial charge is 0.0573 e. The number of hydrogen-bond acceptors (Lipinski definition) is 3. The zero-order chi connectivity index (χ0) is 12.0. The maximum Gasteiger partial charge on any atom is 0.0573 e. The second kappa shape index (κ2) is 6.36. The molecule has 0 fully saturated rings. The molecule has 1 N–H and O–H groups in total. The molecule has 0 aromatic carbocycles. The van der Waals surface area contributed by atoms with Gasteiger partial charge in [-0.2, -0.15) is 0 Å². The molecule has 0 atom stereocenters. The van der Waals surface area contributed by atoms with E-state index < -0.39 is 0 Å². The minimum atomic E-state index is 0.596. The van der Waals surface area contributed by atoms with Crippen molar-refractivity contribution in [1.82, 2.24) is 4.98 Å². The second-order valence-electron chi connectivity index (χ2n) is 4.04. The molecule has 90 valence electrons. The number of rotatable bonds is 6. The zero-order valence-corrected chi connectivity index (χ0v) is 10.8. The topological polar surface area (TPSA) is 28.2 Å². The first-order chi connectivity index (χ1) is 7.72. The minimum absolute atomic E-state index is 0.596. The Morgan fingerprint density at radius 2 is 1.94 bits per heavy atom. The lowest BCUT2D eigenvalue weighted by Crippen LogP contribution is -2.30. The lowest BCUT2D eigenvalue weighted by molar-refractivity contribution is 0.591. The van der Waals surface area contributed by atoms with Crippen LogP contribution in [-0.2, 0) is 0 Å². The van der Waals surface area contributed by atoms with Gasteiger partial charge in [0, 0.05) is 19.6 Å². The van der Waals surface area contributed by atoms with E-state index >= 15 is 0 Å². The average molecular weight is 221 g/mol. The van der Waals surface area contributed by atoms with E-state index in [0.717, 1.165) is 12.2 Å². The number of nitrogens with one attached hydrogen (secondary N) is 1. The van der Waals surface area contributed by atoms with Gasteiger partial charge >= 0.3 is 0 Å². The van der Waals surface area contributed by atoms with Crippen molar-refractivity contribution in [2.45, 2.75) is 39.7 Å². The van der Waals surface area contributed by atoms with Crippen LogP contribution in [0.1, 0.15) is 33.6 Å². The predicted octanol–water partition coefficient (Wildman–Crippen LogP) is 3.14. The molecule has 0 unspecified atom stereocenters. The van der Waals surface area contributed by atoms with Crippen LogP contribution in [-0.4, -0.2) is 24.6 Å². The lowest BCUT2D eigenvalue weighted by atomic mass is 10.1. The Labute approximate surface area is 98.9 Å². The Balaban J connectivity index is 2.81. The fraction of sp³-hybridized carbons (Fsp3) is 0.615. The standard InChI is InChI=1S/C13H23N3/c1-5-12(6-2)16(4)13-8-11(15-7-3)9-14-10-13/h8-10,12,15H,5-7H2,1-4H3. The summed E-state index contributed by atoms with van der Waals surface area (Å²) in [5, 5.41) is 3.29. The van der Waals surface area contributed by atoms with Crippen LogP contribution in [0.15, 0.2) is 18.5 Å². The first kappa shape index (κ1) is 12.8. The number of hydrogen-bond donors (Lipinski definition) is 1. The molecular weight excluding hydrogens is 198 g/mol. The molecule has 0 aliphatic carbocycles. The number of nitrogens with zero attached hydrogens (tertiary/aromatic N) is 2. The number of anilines is 2. The maximum atomic E-state index is 4.27. The van der Waals surface area contributed by atoms with Crippen LogP contribution < -0.4 is 10.2 Å². The van der Waals surface area contributed by atoms with Gasteiger partial charge in [-0.05, 0) is 25.8 Å². The molecule has 0 spiro atoms. The molecule has 3 heteroatoms. The minimum Gasteiger partial charge on any atom is -0.384 e. The van der Waals surface area contributed by atoms with Gasteiger partial charge in [-0.25, -0.2) is 0 Å². The zero-order valence-electron chi connectivity index (χ0n) is 10.8. The Morgan fingerprint density at radius 1 is 1.25 bits per heavy atom. The SMILES string of the molecule is CCNc1cncc(N(C)C(CC)CC)c1. The van der Waals surface area contributed by atoms with Gasteiger partial charge in [0.1, 0.15) is 0 Å². The van der Waals surface area contributed by atoms with Crippen molar-refractivity contribution in [3.8, 4) is 0 Å². The van der Waals surface area contributed by atoms with Crippen molar-refractivity contribution in [2.75, 3.05) is 23.8 Å². The first-order valence-corrected chi connectivity index (χ1v) is 6.14. The molecule has 0 aliphatic heterocycles. The van der Waals surface area contributed by atoms with Gasteiger partial charge in [-0.1, -0.05) is 13.8 Å². The molecule has 0 amide bonds. The van der Waals surface area contributed by atoms with Crippen molar-refractivity contribution < 1.29 is 0 Å². The fourth-order valence-corrected chi connectivity index (χ4v) is 1.97. The largest absolute Gasteiger partial charge is 0.384 e. The third-order valence-electron chi connectivity index (χ3n) is 3.00. The summed E-state index contributed by atoms with van der Waals surface area (Å²) < 4.78 is 0. The van der Waals surface area contributed by atoms with E-state index in [-0.39, 0.29) is 0 Å². The highest BCUT2D eigenvalue weighted by molar-refractivity contribution is 5.55. The van der Waals surface area contributed by atoms with Gasteiger partial charge in [0.2, 0.25) is 0 Å². The van der Waals surface area contributed by atoms with E-state index in [1.165, 1.54) is 18.5 Å². The van der Waals surface area contributed by atoms with Crippen LogP contribution in [0.3, 0.4) is 0 Å². The fourth-order valence-electron chi connectivity index (χ4n) is 1.97. The highest BCUT2D eigenvalue weighted by Crippen LogP contribution is 2.20. The molecule has 0 bridgehead atoms. The van der Waals surface area contributed by atoms with Gasteiger partial charge in [0.15, 0.2) is 0 Å². The summed E-state index contributed by atoms with van der Waals surface area (Å²) in [4.78, 5) is 6.58.